The minimum atomic E-state index is -0.0759. The second-order valence-electron chi connectivity index (χ2n) is 5.74. The molecule has 25 heavy (non-hydrogen) atoms. The molecule has 2 aromatic heterocycles. The van der Waals surface area contributed by atoms with Crippen molar-refractivity contribution >= 4 is 5.91 Å². The highest BCUT2D eigenvalue weighted by atomic mass is 16.5. The monoisotopic (exact) mass is 336 g/mol. The summed E-state index contributed by atoms with van der Waals surface area (Å²) in [6, 6.07) is 11.2. The molecule has 128 valence electrons. The molecule has 0 saturated carbocycles. The topological polar surface area (TPSA) is 60.2 Å². The Hall–Kier alpha value is -3.15. The third-order valence-corrected chi connectivity index (χ3v) is 4.26. The average Bonchev–Trinajstić information content (AvgIpc) is 3.21. The summed E-state index contributed by atoms with van der Waals surface area (Å²) in [5.74, 6) is 1.44. The lowest BCUT2D eigenvalue weighted by molar-refractivity contribution is 0.0742. The van der Waals surface area contributed by atoms with Gasteiger partial charge in [-0.25, -0.2) is 9.97 Å². The molecule has 3 rings (SSSR count). The second kappa shape index (κ2) is 7.17. The van der Waals surface area contributed by atoms with Crippen molar-refractivity contribution in [2.45, 2.75) is 13.0 Å². The number of benzene rings is 1. The fraction of sp³-hybridized carbons (Fsp3) is 0.211. The van der Waals surface area contributed by atoms with E-state index in [0.29, 0.717) is 5.56 Å². The first kappa shape index (κ1) is 16.7. The van der Waals surface area contributed by atoms with E-state index in [1.54, 1.807) is 54.5 Å². The Balaban J connectivity index is 1.74. The smallest absolute Gasteiger partial charge is 0.255 e. The van der Waals surface area contributed by atoms with Crippen LogP contribution in [-0.4, -0.2) is 39.5 Å². The molecular weight excluding hydrogens is 316 g/mol. The van der Waals surface area contributed by atoms with Gasteiger partial charge in [-0.1, -0.05) is 12.1 Å². The quantitative estimate of drug-likeness (QED) is 0.718. The zero-order valence-corrected chi connectivity index (χ0v) is 14.5. The molecule has 0 aliphatic rings. The van der Waals surface area contributed by atoms with Gasteiger partial charge in [0, 0.05) is 25.6 Å². The van der Waals surface area contributed by atoms with Gasteiger partial charge in [0.15, 0.2) is 0 Å². The Labute approximate surface area is 146 Å². The van der Waals surface area contributed by atoms with Gasteiger partial charge in [-0.2, -0.15) is 0 Å². The average molecular weight is 336 g/mol. The molecule has 1 amide bonds. The van der Waals surface area contributed by atoms with Gasteiger partial charge in [-0.15, -0.1) is 0 Å². The standard InChI is InChI=1S/C19H20N4O2/c1-14(15-4-7-17(25-3)8-5-15)22(2)19(24)16-6-9-18(21-12-16)23-11-10-20-13-23/h4-14H,1-3H3. The number of nitrogens with zero attached hydrogens (tertiary/aromatic N) is 4. The zero-order chi connectivity index (χ0) is 17.8. The van der Waals surface area contributed by atoms with E-state index in [2.05, 4.69) is 9.97 Å². The summed E-state index contributed by atoms with van der Waals surface area (Å²) in [5, 5.41) is 0. The lowest BCUT2D eigenvalue weighted by Crippen LogP contribution is -2.29. The van der Waals surface area contributed by atoms with E-state index in [0.717, 1.165) is 17.1 Å². The Kier molecular flexibility index (Phi) is 4.79. The predicted octanol–water partition coefficient (Wildman–Crippen LogP) is 3.11. The number of imidazole rings is 1. The van der Waals surface area contributed by atoms with E-state index in [9.17, 15) is 4.79 Å². The zero-order valence-electron chi connectivity index (χ0n) is 14.5. The first-order valence-corrected chi connectivity index (χ1v) is 7.95. The van der Waals surface area contributed by atoms with Gasteiger partial charge >= 0.3 is 0 Å². The van der Waals surface area contributed by atoms with Gasteiger partial charge < -0.3 is 9.64 Å². The summed E-state index contributed by atoms with van der Waals surface area (Å²) in [6.07, 6.45) is 6.75. The third-order valence-electron chi connectivity index (χ3n) is 4.26. The first-order valence-electron chi connectivity index (χ1n) is 7.95. The highest BCUT2D eigenvalue weighted by Crippen LogP contribution is 2.23. The van der Waals surface area contributed by atoms with Crippen molar-refractivity contribution in [3.8, 4) is 11.6 Å². The van der Waals surface area contributed by atoms with Crippen molar-refractivity contribution in [1.29, 1.82) is 0 Å². The summed E-state index contributed by atoms with van der Waals surface area (Å²) >= 11 is 0. The number of amides is 1. The Morgan fingerprint density at radius 1 is 1.20 bits per heavy atom. The highest BCUT2D eigenvalue weighted by molar-refractivity contribution is 5.94. The van der Waals surface area contributed by atoms with Crippen LogP contribution in [0, 0.1) is 0 Å². The minimum Gasteiger partial charge on any atom is -0.497 e. The number of rotatable bonds is 5. The van der Waals surface area contributed by atoms with Gasteiger partial charge in [0.2, 0.25) is 0 Å². The molecule has 0 aliphatic carbocycles. The van der Waals surface area contributed by atoms with Gasteiger partial charge in [0.25, 0.3) is 5.91 Å². The molecule has 0 fully saturated rings. The molecule has 3 aromatic rings. The number of methoxy groups -OCH3 is 1. The van der Waals surface area contributed by atoms with Gasteiger partial charge in [-0.3, -0.25) is 9.36 Å². The molecule has 1 atom stereocenters. The van der Waals surface area contributed by atoms with Crippen molar-refractivity contribution in [3.05, 3.63) is 72.4 Å². The maximum Gasteiger partial charge on any atom is 0.255 e. The molecular formula is C19H20N4O2. The normalized spacial score (nSPS) is 11.8. The van der Waals surface area contributed by atoms with Crippen LogP contribution in [0.1, 0.15) is 28.9 Å². The fourth-order valence-electron chi connectivity index (χ4n) is 2.55. The number of ether oxygens (including phenoxy) is 1. The summed E-state index contributed by atoms with van der Waals surface area (Å²) in [4.78, 5) is 22.8. The Morgan fingerprint density at radius 3 is 2.52 bits per heavy atom. The molecule has 1 aromatic carbocycles. The van der Waals surface area contributed by atoms with Crippen LogP contribution in [-0.2, 0) is 0 Å². The first-order chi connectivity index (χ1) is 12.1. The number of carbonyl (C=O) groups is 1. The highest BCUT2D eigenvalue weighted by Gasteiger charge is 2.19. The molecule has 1 unspecified atom stereocenters. The largest absolute Gasteiger partial charge is 0.497 e. The van der Waals surface area contributed by atoms with E-state index in [1.165, 1.54) is 0 Å². The summed E-state index contributed by atoms with van der Waals surface area (Å²) in [5.41, 5.74) is 1.59. The molecule has 2 heterocycles. The van der Waals surface area contributed by atoms with Crippen LogP contribution in [0.4, 0.5) is 0 Å². The Morgan fingerprint density at radius 2 is 1.96 bits per heavy atom. The third kappa shape index (κ3) is 3.52. The van der Waals surface area contributed by atoms with E-state index < -0.39 is 0 Å². The van der Waals surface area contributed by atoms with Crippen molar-refractivity contribution in [2.75, 3.05) is 14.2 Å². The van der Waals surface area contributed by atoms with Crippen LogP contribution in [0.25, 0.3) is 5.82 Å². The summed E-state index contributed by atoms with van der Waals surface area (Å²) in [6.45, 7) is 1.99. The van der Waals surface area contributed by atoms with Crippen molar-refractivity contribution in [3.63, 3.8) is 0 Å². The number of hydrogen-bond acceptors (Lipinski definition) is 4. The maximum atomic E-state index is 12.7. The number of hydrogen-bond donors (Lipinski definition) is 0. The van der Waals surface area contributed by atoms with Gasteiger partial charge in [-0.05, 0) is 36.8 Å². The van der Waals surface area contributed by atoms with Crippen LogP contribution < -0.4 is 4.74 Å². The number of pyridine rings is 1. The predicted molar refractivity (Wildman–Crippen MR) is 94.9 cm³/mol. The fourth-order valence-corrected chi connectivity index (χ4v) is 2.55. The summed E-state index contributed by atoms with van der Waals surface area (Å²) in [7, 11) is 3.43. The SMILES string of the molecule is COc1ccc(C(C)N(C)C(=O)c2ccc(-n3ccnc3)nc2)cc1. The molecule has 6 nitrogen and oxygen atoms in total. The second-order valence-corrected chi connectivity index (χ2v) is 5.74. The molecule has 6 heteroatoms. The minimum absolute atomic E-state index is 0.0632. The molecule has 0 aliphatic heterocycles. The van der Waals surface area contributed by atoms with Crippen molar-refractivity contribution in [1.82, 2.24) is 19.4 Å². The van der Waals surface area contributed by atoms with E-state index in [4.69, 9.17) is 4.74 Å². The number of carbonyl (C=O) groups excluding carboxylic acids is 1. The van der Waals surface area contributed by atoms with Crippen LogP contribution in [0.3, 0.4) is 0 Å². The van der Waals surface area contributed by atoms with Crippen LogP contribution >= 0.6 is 0 Å². The van der Waals surface area contributed by atoms with E-state index in [1.807, 2.05) is 37.4 Å². The molecule has 0 saturated heterocycles. The lowest BCUT2D eigenvalue weighted by Gasteiger charge is -2.25. The molecule has 0 bridgehead atoms. The van der Waals surface area contributed by atoms with Crippen LogP contribution in [0.2, 0.25) is 0 Å². The van der Waals surface area contributed by atoms with Gasteiger partial charge in [0.1, 0.15) is 17.9 Å². The molecule has 0 radical (unpaired) electrons. The molecule has 0 N–H and O–H groups in total. The van der Waals surface area contributed by atoms with Crippen LogP contribution in [0.15, 0.2) is 61.3 Å². The van der Waals surface area contributed by atoms with E-state index >= 15 is 0 Å². The van der Waals surface area contributed by atoms with Crippen LogP contribution in [0.5, 0.6) is 5.75 Å². The van der Waals surface area contributed by atoms with Crippen molar-refractivity contribution in [2.24, 2.45) is 0 Å². The van der Waals surface area contributed by atoms with Gasteiger partial charge in [0.05, 0.1) is 18.7 Å². The summed E-state index contributed by atoms with van der Waals surface area (Å²) < 4.78 is 6.96. The molecule has 0 spiro atoms. The van der Waals surface area contributed by atoms with E-state index in [-0.39, 0.29) is 11.9 Å². The number of aromatic nitrogens is 3. The maximum absolute atomic E-state index is 12.7. The lowest BCUT2D eigenvalue weighted by atomic mass is 10.1. The Bertz CT molecular complexity index is 827. The van der Waals surface area contributed by atoms with Crippen molar-refractivity contribution < 1.29 is 9.53 Å².